The summed E-state index contributed by atoms with van der Waals surface area (Å²) in [5.41, 5.74) is 2.44. The third-order valence-electron chi connectivity index (χ3n) is 2.49. The van der Waals surface area contributed by atoms with Gasteiger partial charge < -0.3 is 4.74 Å². The summed E-state index contributed by atoms with van der Waals surface area (Å²) in [4.78, 5) is 15.6. The summed E-state index contributed by atoms with van der Waals surface area (Å²) in [6, 6.07) is 8.45. The Morgan fingerprint density at radius 1 is 1.50 bits per heavy atom. The average molecular weight is 292 g/mol. The molecule has 0 saturated heterocycles. The maximum Gasteiger partial charge on any atom is 0.336 e. The average Bonchev–Trinajstić information content (AvgIpc) is 2.86. The molecule has 0 unspecified atom stereocenters. The van der Waals surface area contributed by atoms with Crippen molar-refractivity contribution in [2.24, 2.45) is 0 Å². The van der Waals surface area contributed by atoms with Gasteiger partial charge in [-0.15, -0.1) is 16.9 Å². The number of H-pyrrole nitrogens is 1. The molecule has 7 heteroatoms. The number of aromatic nitrogens is 3. The second-order valence-corrected chi connectivity index (χ2v) is 5.19. The highest BCUT2D eigenvalue weighted by atomic mass is 32.2. The van der Waals surface area contributed by atoms with E-state index in [2.05, 4.69) is 45.6 Å². The van der Waals surface area contributed by atoms with E-state index in [0.717, 1.165) is 5.75 Å². The summed E-state index contributed by atoms with van der Waals surface area (Å²) in [5, 5.41) is 8.95. The summed E-state index contributed by atoms with van der Waals surface area (Å²) in [7, 11) is 1.46. The number of hydrogen-bond acceptors (Lipinski definition) is 5. The monoisotopic (exact) mass is 292 g/mol. The van der Waals surface area contributed by atoms with Crippen molar-refractivity contribution >= 4 is 23.6 Å². The number of aromatic amines is 1. The second-order valence-electron chi connectivity index (χ2n) is 4.20. The number of anilines is 1. The van der Waals surface area contributed by atoms with Crippen LogP contribution in [0.15, 0.2) is 24.3 Å². The van der Waals surface area contributed by atoms with Crippen LogP contribution >= 0.6 is 11.8 Å². The van der Waals surface area contributed by atoms with Gasteiger partial charge in [-0.25, -0.2) is 5.10 Å². The summed E-state index contributed by atoms with van der Waals surface area (Å²) < 4.78 is 4.82. The predicted octanol–water partition coefficient (Wildman–Crippen LogP) is 1.99. The normalized spacial score (nSPS) is 10.3. The number of aryl methyl sites for hydroxylation is 1. The fraction of sp³-hybridized carbons (Fsp3) is 0.308. The summed E-state index contributed by atoms with van der Waals surface area (Å²) in [6.07, 6.45) is 0. The lowest BCUT2D eigenvalue weighted by Gasteiger charge is -2.03. The van der Waals surface area contributed by atoms with Gasteiger partial charge >= 0.3 is 6.01 Å². The Hall–Kier alpha value is -2.02. The van der Waals surface area contributed by atoms with E-state index < -0.39 is 0 Å². The molecule has 0 atom stereocenters. The number of carbonyl (C=O) groups excluding carboxylic acids is 1. The van der Waals surface area contributed by atoms with Crippen molar-refractivity contribution in [3.8, 4) is 6.01 Å². The maximum atomic E-state index is 11.7. The van der Waals surface area contributed by atoms with E-state index in [4.69, 9.17) is 4.74 Å². The van der Waals surface area contributed by atoms with Crippen molar-refractivity contribution in [3.05, 3.63) is 35.4 Å². The molecule has 0 fully saturated rings. The number of rotatable bonds is 6. The van der Waals surface area contributed by atoms with Gasteiger partial charge in [-0.3, -0.25) is 10.1 Å². The third-order valence-corrected chi connectivity index (χ3v) is 3.49. The molecule has 0 bridgehead atoms. The van der Waals surface area contributed by atoms with Gasteiger partial charge in [-0.1, -0.05) is 29.8 Å². The van der Waals surface area contributed by atoms with E-state index in [9.17, 15) is 4.79 Å². The van der Waals surface area contributed by atoms with E-state index in [-0.39, 0.29) is 11.9 Å². The zero-order chi connectivity index (χ0) is 14.4. The van der Waals surface area contributed by atoms with Crippen LogP contribution in [0.5, 0.6) is 6.01 Å². The fourth-order valence-corrected chi connectivity index (χ4v) is 2.40. The molecule has 2 N–H and O–H groups in total. The molecule has 20 heavy (non-hydrogen) atoms. The molecule has 0 saturated carbocycles. The molecule has 1 aromatic carbocycles. The van der Waals surface area contributed by atoms with Crippen LogP contribution in [0, 0.1) is 6.92 Å². The van der Waals surface area contributed by atoms with Gasteiger partial charge in [-0.05, 0) is 12.5 Å². The van der Waals surface area contributed by atoms with Crippen LogP contribution in [0.25, 0.3) is 0 Å². The van der Waals surface area contributed by atoms with E-state index in [1.165, 1.54) is 18.2 Å². The van der Waals surface area contributed by atoms with Gasteiger partial charge in [0.05, 0.1) is 12.9 Å². The summed E-state index contributed by atoms with van der Waals surface area (Å²) >= 11 is 1.55. The minimum atomic E-state index is -0.124. The van der Waals surface area contributed by atoms with Crippen LogP contribution in [-0.4, -0.2) is 34.0 Å². The van der Waals surface area contributed by atoms with Crippen molar-refractivity contribution in [1.82, 2.24) is 15.2 Å². The largest absolute Gasteiger partial charge is 0.466 e. The highest BCUT2D eigenvalue weighted by molar-refractivity contribution is 7.99. The fourth-order valence-electron chi connectivity index (χ4n) is 1.63. The number of carbonyl (C=O) groups is 1. The van der Waals surface area contributed by atoms with E-state index in [1.807, 2.05) is 6.07 Å². The molecule has 1 aromatic heterocycles. The molecule has 1 heterocycles. The van der Waals surface area contributed by atoms with Gasteiger partial charge in [0.1, 0.15) is 0 Å². The Balaban J connectivity index is 1.75. The SMILES string of the molecule is COc1n[nH]c(NC(=O)CSCc2cccc(C)c2)n1. The number of nitrogens with zero attached hydrogens (tertiary/aromatic N) is 2. The third kappa shape index (κ3) is 4.27. The summed E-state index contributed by atoms with van der Waals surface area (Å²) in [6.45, 7) is 2.05. The zero-order valence-electron chi connectivity index (χ0n) is 11.3. The lowest BCUT2D eigenvalue weighted by Crippen LogP contribution is -2.15. The topological polar surface area (TPSA) is 79.9 Å². The van der Waals surface area contributed by atoms with Gasteiger partial charge in [0.15, 0.2) is 0 Å². The van der Waals surface area contributed by atoms with Gasteiger partial charge in [0, 0.05) is 5.75 Å². The zero-order valence-corrected chi connectivity index (χ0v) is 12.2. The van der Waals surface area contributed by atoms with Crippen LogP contribution < -0.4 is 10.1 Å². The van der Waals surface area contributed by atoms with Crippen molar-refractivity contribution in [2.75, 3.05) is 18.2 Å². The molecule has 0 aliphatic heterocycles. The highest BCUT2D eigenvalue weighted by Crippen LogP contribution is 2.14. The molecule has 0 spiro atoms. The summed E-state index contributed by atoms with van der Waals surface area (Å²) in [5.74, 6) is 1.33. The minimum Gasteiger partial charge on any atom is -0.466 e. The van der Waals surface area contributed by atoms with E-state index in [1.54, 1.807) is 11.8 Å². The van der Waals surface area contributed by atoms with E-state index in [0.29, 0.717) is 11.7 Å². The maximum absolute atomic E-state index is 11.7. The Morgan fingerprint density at radius 3 is 3.05 bits per heavy atom. The van der Waals surface area contributed by atoms with Crippen LogP contribution in [-0.2, 0) is 10.5 Å². The molecule has 2 rings (SSSR count). The van der Waals surface area contributed by atoms with Crippen molar-refractivity contribution in [1.29, 1.82) is 0 Å². The Morgan fingerprint density at radius 2 is 2.35 bits per heavy atom. The predicted molar refractivity (Wildman–Crippen MR) is 78.9 cm³/mol. The van der Waals surface area contributed by atoms with Gasteiger partial charge in [0.2, 0.25) is 11.9 Å². The Kier molecular flexibility index (Phi) is 5.00. The standard InChI is InChI=1S/C13H16N4O2S/c1-9-4-3-5-10(6-9)7-20-8-11(18)14-12-15-13(19-2)17-16-12/h3-6H,7-8H2,1-2H3,(H2,14,15,16,17,18). The number of thioether (sulfide) groups is 1. The number of benzene rings is 1. The molecule has 106 valence electrons. The lowest BCUT2D eigenvalue weighted by atomic mass is 10.2. The first-order valence-corrected chi connectivity index (χ1v) is 7.22. The molecular formula is C13H16N4O2S. The molecule has 1 amide bonds. The molecule has 0 aliphatic carbocycles. The Labute approximate surface area is 121 Å². The number of amides is 1. The number of hydrogen-bond donors (Lipinski definition) is 2. The molecule has 0 aliphatic rings. The highest BCUT2D eigenvalue weighted by Gasteiger charge is 2.07. The number of ether oxygens (including phenoxy) is 1. The number of methoxy groups -OCH3 is 1. The first-order chi connectivity index (χ1) is 9.67. The Bertz CT molecular complexity index is 585. The first kappa shape index (κ1) is 14.4. The van der Waals surface area contributed by atoms with Crippen LogP contribution in [0.1, 0.15) is 11.1 Å². The quantitative estimate of drug-likeness (QED) is 0.851. The molecular weight excluding hydrogens is 276 g/mol. The van der Waals surface area contributed by atoms with Crippen LogP contribution in [0.3, 0.4) is 0 Å². The van der Waals surface area contributed by atoms with Crippen molar-refractivity contribution in [3.63, 3.8) is 0 Å². The van der Waals surface area contributed by atoms with Gasteiger partial charge in [0.25, 0.3) is 0 Å². The van der Waals surface area contributed by atoms with E-state index >= 15 is 0 Å². The van der Waals surface area contributed by atoms with Crippen molar-refractivity contribution < 1.29 is 9.53 Å². The lowest BCUT2D eigenvalue weighted by molar-refractivity contribution is -0.113. The number of nitrogens with one attached hydrogen (secondary N) is 2. The minimum absolute atomic E-state index is 0.124. The van der Waals surface area contributed by atoms with Crippen molar-refractivity contribution in [2.45, 2.75) is 12.7 Å². The smallest absolute Gasteiger partial charge is 0.336 e. The van der Waals surface area contributed by atoms with Crippen LogP contribution in [0.2, 0.25) is 0 Å². The second kappa shape index (κ2) is 6.95. The molecule has 2 aromatic rings. The molecule has 6 nitrogen and oxygen atoms in total. The first-order valence-electron chi connectivity index (χ1n) is 6.07. The van der Waals surface area contributed by atoms with Gasteiger partial charge in [-0.2, -0.15) is 4.98 Å². The van der Waals surface area contributed by atoms with Crippen LogP contribution in [0.4, 0.5) is 5.95 Å². The molecule has 0 radical (unpaired) electrons.